The second-order valence-corrected chi connectivity index (χ2v) is 5.80. The Kier molecular flexibility index (Phi) is 5.87. The van der Waals surface area contributed by atoms with Gasteiger partial charge in [0.25, 0.3) is 5.69 Å². The van der Waals surface area contributed by atoms with Crippen LogP contribution in [-0.4, -0.2) is 52.9 Å². The van der Waals surface area contributed by atoms with Crippen molar-refractivity contribution < 1.29 is 9.72 Å². The van der Waals surface area contributed by atoms with Crippen LogP contribution >= 0.6 is 0 Å². The Morgan fingerprint density at radius 1 is 1.35 bits per heavy atom. The molecule has 0 radical (unpaired) electrons. The van der Waals surface area contributed by atoms with Crippen LogP contribution in [0.2, 0.25) is 0 Å². The van der Waals surface area contributed by atoms with E-state index in [0.717, 1.165) is 31.7 Å². The van der Waals surface area contributed by atoms with E-state index in [0.29, 0.717) is 6.42 Å². The lowest BCUT2D eigenvalue weighted by Crippen LogP contribution is -2.53. The van der Waals surface area contributed by atoms with Crippen LogP contribution < -0.4 is 0 Å². The van der Waals surface area contributed by atoms with Gasteiger partial charge in [0.05, 0.1) is 4.92 Å². The van der Waals surface area contributed by atoms with Gasteiger partial charge in [-0.05, 0) is 24.6 Å². The summed E-state index contributed by atoms with van der Waals surface area (Å²) in [5, 5.41) is 10.6. The molecule has 1 aromatic rings. The van der Waals surface area contributed by atoms with Gasteiger partial charge < -0.3 is 4.90 Å². The fourth-order valence-corrected chi connectivity index (χ4v) is 2.82. The molecule has 1 amide bonds. The predicted octanol–water partition coefficient (Wildman–Crippen LogP) is 2.55. The van der Waals surface area contributed by atoms with Gasteiger partial charge in [-0.15, -0.1) is 0 Å². The molecule has 1 atom stereocenters. The second kappa shape index (κ2) is 7.87. The van der Waals surface area contributed by atoms with Crippen molar-refractivity contribution in [2.24, 2.45) is 0 Å². The number of nitrogens with zero attached hydrogens (tertiary/aromatic N) is 3. The molecular formula is C17H23N3O3. The molecule has 1 aliphatic heterocycles. The van der Waals surface area contributed by atoms with Gasteiger partial charge in [0.15, 0.2) is 0 Å². The first-order valence-corrected chi connectivity index (χ1v) is 7.94. The monoisotopic (exact) mass is 317 g/mol. The molecule has 1 aromatic carbocycles. The summed E-state index contributed by atoms with van der Waals surface area (Å²) in [5.41, 5.74) is 1.05. The number of nitro benzene ring substituents is 1. The third-order valence-electron chi connectivity index (χ3n) is 4.11. The van der Waals surface area contributed by atoms with Crippen molar-refractivity contribution in [3.63, 3.8) is 0 Å². The van der Waals surface area contributed by atoms with Crippen LogP contribution in [-0.2, 0) is 4.79 Å². The summed E-state index contributed by atoms with van der Waals surface area (Å²) in [6, 6.07) is 6.75. The van der Waals surface area contributed by atoms with Gasteiger partial charge in [0.2, 0.25) is 5.91 Å². The number of benzene rings is 1. The van der Waals surface area contributed by atoms with Crippen molar-refractivity contribution in [2.45, 2.75) is 26.3 Å². The van der Waals surface area contributed by atoms with Gasteiger partial charge in [0.1, 0.15) is 0 Å². The molecule has 1 fully saturated rings. The average molecular weight is 317 g/mol. The molecular weight excluding hydrogens is 294 g/mol. The van der Waals surface area contributed by atoms with Crippen molar-refractivity contribution in [2.75, 3.05) is 26.2 Å². The third kappa shape index (κ3) is 4.63. The Morgan fingerprint density at radius 2 is 2.04 bits per heavy atom. The van der Waals surface area contributed by atoms with E-state index in [-0.39, 0.29) is 17.6 Å². The number of carbonyl (C=O) groups is 1. The average Bonchev–Trinajstić information content (AvgIpc) is 2.55. The summed E-state index contributed by atoms with van der Waals surface area (Å²) < 4.78 is 0. The first-order valence-electron chi connectivity index (χ1n) is 7.94. The topological polar surface area (TPSA) is 66.7 Å². The summed E-state index contributed by atoms with van der Waals surface area (Å²) in [5.74, 6) is 0.221. The van der Waals surface area contributed by atoms with Gasteiger partial charge in [-0.1, -0.05) is 19.1 Å². The number of non-ortho nitro benzene ring substituents is 1. The number of piperazine rings is 1. The quantitative estimate of drug-likeness (QED) is 0.618. The van der Waals surface area contributed by atoms with Crippen molar-refractivity contribution in [1.82, 2.24) is 9.80 Å². The summed E-state index contributed by atoms with van der Waals surface area (Å²) in [6.07, 6.45) is 4.59. The maximum atomic E-state index is 11.8. The van der Waals surface area contributed by atoms with Crippen LogP contribution in [0.1, 0.15) is 25.8 Å². The zero-order valence-electron chi connectivity index (χ0n) is 13.6. The summed E-state index contributed by atoms with van der Waals surface area (Å²) in [7, 11) is 0. The minimum Gasteiger partial charge on any atom is -0.337 e. The third-order valence-corrected chi connectivity index (χ3v) is 4.11. The Balaban J connectivity index is 1.84. The van der Waals surface area contributed by atoms with Crippen molar-refractivity contribution >= 4 is 17.7 Å². The lowest BCUT2D eigenvalue weighted by atomic mass is 10.1. The number of carbonyl (C=O) groups excluding carboxylic acids is 1. The second-order valence-electron chi connectivity index (χ2n) is 5.80. The number of hydrogen-bond acceptors (Lipinski definition) is 4. The molecule has 6 nitrogen and oxygen atoms in total. The highest BCUT2D eigenvalue weighted by atomic mass is 16.6. The van der Waals surface area contributed by atoms with Crippen LogP contribution in [0.4, 0.5) is 5.69 Å². The van der Waals surface area contributed by atoms with Crippen molar-refractivity contribution in [1.29, 1.82) is 0 Å². The Bertz CT molecular complexity index is 583. The highest BCUT2D eigenvalue weighted by Gasteiger charge is 2.25. The number of nitro groups is 1. The molecule has 1 unspecified atom stereocenters. The standard InChI is InChI=1S/C17H23N3O3/c1-3-17(21)19-12-11-18(13-14(19)2)10-4-5-15-6-8-16(9-7-15)20(22)23/h4-9,14H,3,10-13H2,1-2H3/b5-4+. The first-order chi connectivity index (χ1) is 11.0. The fourth-order valence-electron chi connectivity index (χ4n) is 2.82. The maximum absolute atomic E-state index is 11.8. The number of amides is 1. The molecule has 2 rings (SSSR count). The van der Waals surface area contributed by atoms with Crippen LogP contribution in [0, 0.1) is 10.1 Å². The van der Waals surface area contributed by atoms with E-state index in [1.807, 2.05) is 17.9 Å². The minimum atomic E-state index is -0.397. The smallest absolute Gasteiger partial charge is 0.269 e. The molecule has 6 heteroatoms. The van der Waals surface area contributed by atoms with Crippen LogP contribution in [0.3, 0.4) is 0 Å². The van der Waals surface area contributed by atoms with E-state index >= 15 is 0 Å². The van der Waals surface area contributed by atoms with Gasteiger partial charge >= 0.3 is 0 Å². The zero-order chi connectivity index (χ0) is 16.8. The van der Waals surface area contributed by atoms with Crippen molar-refractivity contribution in [3.05, 3.63) is 46.0 Å². The molecule has 1 heterocycles. The highest BCUT2D eigenvalue weighted by molar-refractivity contribution is 5.76. The molecule has 23 heavy (non-hydrogen) atoms. The van der Waals surface area contributed by atoms with Crippen LogP contribution in [0.5, 0.6) is 0 Å². The molecule has 124 valence electrons. The van der Waals surface area contributed by atoms with E-state index in [1.165, 1.54) is 12.1 Å². The molecule has 0 aliphatic carbocycles. The molecule has 1 aliphatic rings. The van der Waals surface area contributed by atoms with E-state index in [9.17, 15) is 14.9 Å². The highest BCUT2D eigenvalue weighted by Crippen LogP contribution is 2.14. The molecule has 0 spiro atoms. The predicted molar refractivity (Wildman–Crippen MR) is 90.0 cm³/mol. The summed E-state index contributed by atoms with van der Waals surface area (Å²) in [4.78, 5) is 26.3. The Hall–Kier alpha value is -2.21. The molecule has 0 N–H and O–H groups in total. The number of hydrogen-bond donors (Lipinski definition) is 0. The van der Waals surface area contributed by atoms with E-state index in [1.54, 1.807) is 12.1 Å². The normalized spacial score (nSPS) is 19.2. The molecule has 0 aromatic heterocycles. The van der Waals surface area contributed by atoms with E-state index in [2.05, 4.69) is 17.9 Å². The van der Waals surface area contributed by atoms with Crippen molar-refractivity contribution in [3.8, 4) is 0 Å². The lowest BCUT2D eigenvalue weighted by molar-refractivity contribution is -0.384. The Labute approximate surface area is 136 Å². The SMILES string of the molecule is CCC(=O)N1CCN(C/C=C/c2ccc([N+](=O)[O-])cc2)CC1C. The van der Waals surface area contributed by atoms with Crippen LogP contribution in [0.15, 0.2) is 30.3 Å². The van der Waals surface area contributed by atoms with E-state index in [4.69, 9.17) is 0 Å². The van der Waals surface area contributed by atoms with Gasteiger partial charge in [-0.3, -0.25) is 19.8 Å². The van der Waals surface area contributed by atoms with Gasteiger partial charge in [-0.25, -0.2) is 0 Å². The molecule has 0 bridgehead atoms. The van der Waals surface area contributed by atoms with Crippen LogP contribution in [0.25, 0.3) is 6.08 Å². The maximum Gasteiger partial charge on any atom is 0.269 e. The zero-order valence-corrected chi connectivity index (χ0v) is 13.6. The first kappa shape index (κ1) is 17.1. The number of rotatable bonds is 5. The van der Waals surface area contributed by atoms with Gasteiger partial charge in [-0.2, -0.15) is 0 Å². The van der Waals surface area contributed by atoms with E-state index < -0.39 is 4.92 Å². The lowest BCUT2D eigenvalue weighted by Gasteiger charge is -2.39. The summed E-state index contributed by atoms with van der Waals surface area (Å²) >= 11 is 0. The Morgan fingerprint density at radius 3 is 2.61 bits per heavy atom. The fraction of sp³-hybridized carbons (Fsp3) is 0.471. The summed E-state index contributed by atoms with van der Waals surface area (Å²) in [6.45, 7) is 7.32. The van der Waals surface area contributed by atoms with Gasteiger partial charge in [0, 0.05) is 50.8 Å². The molecule has 0 saturated carbocycles. The largest absolute Gasteiger partial charge is 0.337 e. The minimum absolute atomic E-state index is 0.104. The molecule has 1 saturated heterocycles.